The van der Waals surface area contributed by atoms with Crippen molar-refractivity contribution < 1.29 is 4.74 Å². The van der Waals surface area contributed by atoms with Crippen LogP contribution in [0.1, 0.15) is 47.9 Å². The predicted molar refractivity (Wildman–Crippen MR) is 91.0 cm³/mol. The van der Waals surface area contributed by atoms with E-state index < -0.39 is 0 Å². The highest BCUT2D eigenvalue weighted by atomic mass is 32.1. The van der Waals surface area contributed by atoms with E-state index in [4.69, 9.17) is 4.74 Å². The van der Waals surface area contributed by atoms with Gasteiger partial charge in [0.1, 0.15) is 0 Å². The van der Waals surface area contributed by atoms with E-state index >= 15 is 0 Å². The van der Waals surface area contributed by atoms with E-state index in [1.54, 1.807) is 0 Å². The molecule has 4 heteroatoms. The fourth-order valence-electron chi connectivity index (χ4n) is 2.77. The molecule has 1 aliphatic rings. The molecule has 1 aromatic heterocycles. The quantitative estimate of drug-likeness (QED) is 0.706. The van der Waals surface area contributed by atoms with Crippen molar-refractivity contribution in [3.63, 3.8) is 0 Å². The Kier molecular flexibility index (Phi) is 7.72. The van der Waals surface area contributed by atoms with Gasteiger partial charge in [-0.25, -0.2) is 0 Å². The lowest BCUT2D eigenvalue weighted by Gasteiger charge is -2.26. The predicted octanol–water partition coefficient (Wildman–Crippen LogP) is 3.56. The summed E-state index contributed by atoms with van der Waals surface area (Å²) in [7, 11) is 0. The topological polar surface area (TPSA) is 24.5 Å². The van der Waals surface area contributed by atoms with Crippen LogP contribution in [-0.4, -0.2) is 37.7 Å². The van der Waals surface area contributed by atoms with E-state index in [9.17, 15) is 0 Å². The number of aryl methyl sites for hydroxylation is 1. The molecule has 0 aromatic carbocycles. The molecule has 1 aromatic rings. The molecular weight excluding hydrogens is 280 g/mol. The first kappa shape index (κ1) is 16.9. The van der Waals surface area contributed by atoms with Crippen LogP contribution in [0.15, 0.2) is 6.07 Å². The van der Waals surface area contributed by atoms with Crippen molar-refractivity contribution in [2.45, 2.75) is 52.7 Å². The van der Waals surface area contributed by atoms with Crippen LogP contribution < -0.4 is 5.32 Å². The van der Waals surface area contributed by atoms with Gasteiger partial charge in [0.15, 0.2) is 0 Å². The Labute approximate surface area is 133 Å². The van der Waals surface area contributed by atoms with Crippen LogP contribution in [0.2, 0.25) is 0 Å². The lowest BCUT2D eigenvalue weighted by Crippen LogP contribution is -2.32. The number of ether oxygens (including phenoxy) is 1. The fourth-order valence-corrected chi connectivity index (χ4v) is 3.78. The minimum atomic E-state index is 0.768. The zero-order chi connectivity index (χ0) is 14.9. The summed E-state index contributed by atoms with van der Waals surface area (Å²) in [5, 5.41) is 3.47. The molecule has 0 saturated carbocycles. The van der Waals surface area contributed by atoms with Gasteiger partial charge < -0.3 is 15.0 Å². The number of rotatable bonds is 9. The number of hydrogen-bond donors (Lipinski definition) is 1. The van der Waals surface area contributed by atoms with Crippen molar-refractivity contribution in [2.24, 2.45) is 0 Å². The summed E-state index contributed by atoms with van der Waals surface area (Å²) >= 11 is 1.90. The van der Waals surface area contributed by atoms with E-state index in [-0.39, 0.29) is 0 Å². The van der Waals surface area contributed by atoms with Crippen LogP contribution in [-0.2, 0) is 17.9 Å². The number of hydrogen-bond acceptors (Lipinski definition) is 4. The fraction of sp³-hybridized carbons (Fsp3) is 0.765. The van der Waals surface area contributed by atoms with Crippen molar-refractivity contribution in [1.82, 2.24) is 10.2 Å². The van der Waals surface area contributed by atoms with Crippen LogP contribution in [0, 0.1) is 6.92 Å². The summed E-state index contributed by atoms with van der Waals surface area (Å²) in [6.07, 6.45) is 5.31. The minimum Gasteiger partial charge on any atom is -0.375 e. The Balaban J connectivity index is 1.65. The van der Waals surface area contributed by atoms with E-state index in [0.29, 0.717) is 0 Å². The van der Waals surface area contributed by atoms with Crippen LogP contribution in [0.5, 0.6) is 0 Å². The van der Waals surface area contributed by atoms with Gasteiger partial charge in [-0.3, -0.25) is 0 Å². The Hall–Kier alpha value is -0.420. The summed E-state index contributed by atoms with van der Waals surface area (Å²) in [5.41, 5.74) is 1.37. The number of likely N-dealkylation sites (tertiary alicyclic amines) is 1. The molecule has 0 aliphatic carbocycles. The van der Waals surface area contributed by atoms with Gasteiger partial charge in [0.25, 0.3) is 0 Å². The van der Waals surface area contributed by atoms with Crippen LogP contribution in [0.4, 0.5) is 0 Å². The van der Waals surface area contributed by atoms with Crippen molar-refractivity contribution in [3.8, 4) is 0 Å². The average molecular weight is 311 g/mol. The SMILES string of the molecule is CCCNCc1cc(COCCN2CCCCC2)c(C)s1. The van der Waals surface area contributed by atoms with E-state index in [0.717, 1.165) is 32.8 Å². The van der Waals surface area contributed by atoms with E-state index in [1.807, 2.05) is 11.3 Å². The number of nitrogens with zero attached hydrogens (tertiary/aromatic N) is 1. The minimum absolute atomic E-state index is 0.768. The largest absolute Gasteiger partial charge is 0.375 e. The van der Waals surface area contributed by atoms with Gasteiger partial charge in [0.2, 0.25) is 0 Å². The highest BCUT2D eigenvalue weighted by Gasteiger charge is 2.10. The lowest BCUT2D eigenvalue weighted by atomic mass is 10.1. The summed E-state index contributed by atoms with van der Waals surface area (Å²) < 4.78 is 5.89. The first-order chi connectivity index (χ1) is 10.3. The molecule has 0 amide bonds. The summed E-state index contributed by atoms with van der Waals surface area (Å²) in [5.74, 6) is 0. The van der Waals surface area contributed by atoms with E-state index in [1.165, 1.54) is 54.1 Å². The number of nitrogens with one attached hydrogen (secondary N) is 1. The molecule has 1 fully saturated rings. The summed E-state index contributed by atoms with van der Waals surface area (Å²) in [4.78, 5) is 5.36. The standard InChI is InChI=1S/C17H30N2OS/c1-3-7-18-13-17-12-16(15(2)21-17)14-20-11-10-19-8-5-4-6-9-19/h12,18H,3-11,13-14H2,1-2H3. The third kappa shape index (κ3) is 6.07. The normalized spacial score (nSPS) is 16.5. The van der Waals surface area contributed by atoms with Crippen molar-refractivity contribution in [1.29, 1.82) is 0 Å². The molecule has 0 unspecified atom stereocenters. The first-order valence-electron chi connectivity index (χ1n) is 8.38. The van der Waals surface area contributed by atoms with E-state index in [2.05, 4.69) is 30.1 Å². The highest BCUT2D eigenvalue weighted by molar-refractivity contribution is 7.12. The summed E-state index contributed by atoms with van der Waals surface area (Å²) in [6, 6.07) is 2.31. The molecule has 21 heavy (non-hydrogen) atoms. The Bertz CT molecular complexity index is 399. The smallest absolute Gasteiger partial charge is 0.0728 e. The van der Waals surface area contributed by atoms with Gasteiger partial charge in [-0.05, 0) is 57.5 Å². The maximum absolute atomic E-state index is 5.89. The van der Waals surface area contributed by atoms with Gasteiger partial charge >= 0.3 is 0 Å². The van der Waals surface area contributed by atoms with Crippen LogP contribution >= 0.6 is 11.3 Å². The maximum atomic E-state index is 5.89. The van der Waals surface area contributed by atoms with Gasteiger partial charge in [-0.15, -0.1) is 11.3 Å². The van der Waals surface area contributed by atoms with Gasteiger partial charge in [-0.1, -0.05) is 13.3 Å². The third-order valence-electron chi connectivity index (χ3n) is 4.06. The zero-order valence-electron chi connectivity index (χ0n) is 13.6. The molecule has 120 valence electrons. The average Bonchev–Trinajstić information content (AvgIpc) is 2.85. The Morgan fingerprint density at radius 3 is 2.86 bits per heavy atom. The summed E-state index contributed by atoms with van der Waals surface area (Å²) in [6.45, 7) is 11.7. The molecule has 1 saturated heterocycles. The second-order valence-corrected chi connectivity index (χ2v) is 7.27. The third-order valence-corrected chi connectivity index (χ3v) is 5.15. The van der Waals surface area contributed by atoms with Crippen molar-refractivity contribution in [2.75, 3.05) is 32.8 Å². The first-order valence-corrected chi connectivity index (χ1v) is 9.20. The highest BCUT2D eigenvalue weighted by Crippen LogP contribution is 2.22. The van der Waals surface area contributed by atoms with Gasteiger partial charge in [-0.2, -0.15) is 0 Å². The molecular formula is C17H30N2OS. The Morgan fingerprint density at radius 2 is 2.10 bits per heavy atom. The zero-order valence-corrected chi connectivity index (χ0v) is 14.4. The van der Waals surface area contributed by atoms with Gasteiger partial charge in [0, 0.05) is 22.8 Å². The number of piperidine rings is 1. The molecule has 0 bridgehead atoms. The van der Waals surface area contributed by atoms with Crippen LogP contribution in [0.3, 0.4) is 0 Å². The molecule has 2 rings (SSSR count). The molecule has 0 atom stereocenters. The maximum Gasteiger partial charge on any atom is 0.0728 e. The monoisotopic (exact) mass is 310 g/mol. The van der Waals surface area contributed by atoms with Crippen LogP contribution in [0.25, 0.3) is 0 Å². The number of thiophene rings is 1. The van der Waals surface area contributed by atoms with Crippen molar-refractivity contribution in [3.05, 3.63) is 21.4 Å². The van der Waals surface area contributed by atoms with Crippen molar-refractivity contribution >= 4 is 11.3 Å². The molecule has 3 nitrogen and oxygen atoms in total. The molecule has 0 spiro atoms. The molecule has 0 radical (unpaired) electrons. The molecule has 1 N–H and O–H groups in total. The molecule has 1 aliphatic heterocycles. The van der Waals surface area contributed by atoms with Gasteiger partial charge in [0.05, 0.1) is 13.2 Å². The second-order valence-electron chi connectivity index (χ2n) is 5.93. The lowest BCUT2D eigenvalue weighted by molar-refractivity contribution is 0.0862. The second kappa shape index (κ2) is 9.57. The Morgan fingerprint density at radius 1 is 1.29 bits per heavy atom. The molecule has 2 heterocycles.